The Morgan fingerprint density at radius 2 is 1.94 bits per heavy atom. The molecule has 0 radical (unpaired) electrons. The molecule has 2 aromatic heterocycles. The van der Waals surface area contributed by atoms with E-state index in [1.54, 1.807) is 46.5 Å². The van der Waals surface area contributed by atoms with Gasteiger partial charge in [0.25, 0.3) is 11.8 Å². The van der Waals surface area contributed by atoms with Gasteiger partial charge >= 0.3 is 0 Å². The van der Waals surface area contributed by atoms with Crippen LogP contribution in [0.15, 0.2) is 55.0 Å². The highest BCUT2D eigenvalue weighted by atomic mass is 35.5. The third kappa shape index (κ3) is 3.77. The van der Waals surface area contributed by atoms with E-state index in [2.05, 4.69) is 9.97 Å². The fraction of sp³-hybridized carbons (Fsp3) is 0.280. The predicted molar refractivity (Wildman–Crippen MR) is 128 cm³/mol. The number of rotatable bonds is 4. The van der Waals surface area contributed by atoms with Crippen molar-refractivity contribution in [2.24, 2.45) is 5.92 Å². The standard InChI is InChI=1S/C25H22Cl2N4O2/c1-25(2)20-10-17(26)5-6-19(20)23(32)31(25)18-9-15(11-28-12-18)8-16-13-30(14-16)24(33)22-21(27)4-3-7-29-22/h3-7,9-12,16H,8,13-14H2,1-2H3. The lowest BCUT2D eigenvalue weighted by Gasteiger charge is -2.39. The molecule has 0 bridgehead atoms. The molecule has 0 spiro atoms. The molecule has 0 aliphatic carbocycles. The van der Waals surface area contributed by atoms with Crippen LogP contribution in [0.5, 0.6) is 0 Å². The van der Waals surface area contributed by atoms with Gasteiger partial charge in [-0.1, -0.05) is 23.2 Å². The van der Waals surface area contributed by atoms with Crippen LogP contribution in [0.2, 0.25) is 10.0 Å². The Kier molecular flexibility index (Phi) is 5.38. The van der Waals surface area contributed by atoms with E-state index in [0.29, 0.717) is 34.6 Å². The van der Waals surface area contributed by atoms with Crippen LogP contribution in [0.4, 0.5) is 5.69 Å². The fourth-order valence-corrected chi connectivity index (χ4v) is 5.12. The molecule has 0 saturated carbocycles. The number of carbonyl (C=O) groups excluding carboxylic acids is 2. The fourth-order valence-electron chi connectivity index (χ4n) is 4.74. The van der Waals surface area contributed by atoms with Gasteiger partial charge in [-0.3, -0.25) is 19.5 Å². The zero-order valence-corrected chi connectivity index (χ0v) is 19.8. The maximum atomic E-state index is 13.2. The second kappa shape index (κ2) is 8.12. The first kappa shape index (κ1) is 21.9. The quantitative estimate of drug-likeness (QED) is 0.527. The number of fused-ring (bicyclic) bond motifs is 1. The van der Waals surface area contributed by atoms with Crippen LogP contribution in [0.25, 0.3) is 0 Å². The van der Waals surface area contributed by atoms with Crippen LogP contribution in [0.1, 0.15) is 45.8 Å². The molecule has 1 fully saturated rings. The number of hydrogen-bond donors (Lipinski definition) is 0. The van der Waals surface area contributed by atoms with Gasteiger partial charge in [-0.2, -0.15) is 0 Å². The normalized spacial score (nSPS) is 17.2. The second-order valence-corrected chi connectivity index (χ2v) is 9.90. The number of nitrogens with zero attached hydrogens (tertiary/aromatic N) is 4. The van der Waals surface area contributed by atoms with E-state index < -0.39 is 5.54 Å². The largest absolute Gasteiger partial charge is 0.337 e. The molecule has 8 heteroatoms. The molecule has 33 heavy (non-hydrogen) atoms. The van der Waals surface area contributed by atoms with Crippen molar-refractivity contribution in [2.45, 2.75) is 25.8 Å². The molecule has 2 aliphatic rings. The van der Waals surface area contributed by atoms with E-state index in [0.717, 1.165) is 23.2 Å². The smallest absolute Gasteiger partial charge is 0.274 e. The highest BCUT2D eigenvalue weighted by Crippen LogP contribution is 2.42. The van der Waals surface area contributed by atoms with E-state index in [4.69, 9.17) is 23.2 Å². The van der Waals surface area contributed by atoms with E-state index in [1.807, 2.05) is 32.2 Å². The van der Waals surface area contributed by atoms with Crippen LogP contribution in [-0.2, 0) is 12.0 Å². The molecule has 0 atom stereocenters. The lowest BCUT2D eigenvalue weighted by Crippen LogP contribution is -2.51. The van der Waals surface area contributed by atoms with E-state index >= 15 is 0 Å². The molecule has 4 heterocycles. The average Bonchev–Trinajstić information content (AvgIpc) is 2.95. The number of pyridine rings is 2. The van der Waals surface area contributed by atoms with Crippen LogP contribution < -0.4 is 4.90 Å². The van der Waals surface area contributed by atoms with Crippen LogP contribution in [0, 0.1) is 5.92 Å². The molecule has 6 nitrogen and oxygen atoms in total. The van der Waals surface area contributed by atoms with Gasteiger partial charge in [-0.05, 0) is 73.7 Å². The molecule has 0 N–H and O–H groups in total. The molecule has 168 valence electrons. The Bertz CT molecular complexity index is 1270. The third-order valence-corrected chi connectivity index (χ3v) is 6.94. The molecule has 1 aromatic carbocycles. The minimum atomic E-state index is -0.542. The van der Waals surface area contributed by atoms with Gasteiger partial charge in [-0.25, -0.2) is 4.98 Å². The maximum Gasteiger partial charge on any atom is 0.274 e. The number of carbonyl (C=O) groups is 2. The summed E-state index contributed by atoms with van der Waals surface area (Å²) in [6, 6.07) is 10.8. The summed E-state index contributed by atoms with van der Waals surface area (Å²) in [6.07, 6.45) is 5.88. The number of benzene rings is 1. The number of likely N-dealkylation sites (tertiary alicyclic amines) is 1. The maximum absolute atomic E-state index is 13.2. The number of hydrogen-bond acceptors (Lipinski definition) is 4. The van der Waals surface area contributed by atoms with Crippen LogP contribution >= 0.6 is 23.2 Å². The zero-order chi connectivity index (χ0) is 23.3. The summed E-state index contributed by atoms with van der Waals surface area (Å²) in [5.41, 5.74) is 3.10. The first-order chi connectivity index (χ1) is 15.8. The lowest BCUT2D eigenvalue weighted by atomic mass is 9.91. The molecular formula is C25H22Cl2N4O2. The summed E-state index contributed by atoms with van der Waals surface area (Å²) < 4.78 is 0. The van der Waals surface area contributed by atoms with Gasteiger partial charge in [0.2, 0.25) is 0 Å². The van der Waals surface area contributed by atoms with Gasteiger partial charge in [0, 0.05) is 36.1 Å². The van der Waals surface area contributed by atoms with Crippen molar-refractivity contribution in [1.29, 1.82) is 0 Å². The van der Waals surface area contributed by atoms with Crippen LogP contribution in [0.3, 0.4) is 0 Å². The van der Waals surface area contributed by atoms with Crippen molar-refractivity contribution in [3.05, 3.63) is 87.4 Å². The number of amides is 2. The highest BCUT2D eigenvalue weighted by molar-refractivity contribution is 6.33. The summed E-state index contributed by atoms with van der Waals surface area (Å²) in [4.78, 5) is 37.9. The topological polar surface area (TPSA) is 66.4 Å². The molecule has 1 saturated heterocycles. The van der Waals surface area contributed by atoms with Gasteiger partial charge in [0.1, 0.15) is 5.69 Å². The Balaban J connectivity index is 1.30. The molecular weight excluding hydrogens is 459 g/mol. The van der Waals surface area contributed by atoms with Gasteiger partial charge in [0.05, 0.1) is 22.4 Å². The Morgan fingerprint density at radius 3 is 2.70 bits per heavy atom. The number of anilines is 1. The van der Waals surface area contributed by atoms with E-state index in [9.17, 15) is 9.59 Å². The third-order valence-electron chi connectivity index (χ3n) is 6.40. The Morgan fingerprint density at radius 1 is 1.15 bits per heavy atom. The first-order valence-corrected chi connectivity index (χ1v) is 11.5. The summed E-state index contributed by atoms with van der Waals surface area (Å²) >= 11 is 12.3. The second-order valence-electron chi connectivity index (χ2n) is 9.05. The molecule has 2 aliphatic heterocycles. The average molecular weight is 481 g/mol. The zero-order valence-electron chi connectivity index (χ0n) is 18.3. The van der Waals surface area contributed by atoms with Crippen molar-refractivity contribution in [1.82, 2.24) is 14.9 Å². The Labute approximate surface area is 202 Å². The first-order valence-electron chi connectivity index (χ1n) is 10.7. The van der Waals surface area contributed by atoms with E-state index in [1.165, 1.54) is 0 Å². The Hall–Kier alpha value is -2.96. The van der Waals surface area contributed by atoms with Gasteiger partial charge < -0.3 is 4.90 Å². The monoisotopic (exact) mass is 480 g/mol. The summed E-state index contributed by atoms with van der Waals surface area (Å²) in [5, 5.41) is 0.974. The molecule has 3 aromatic rings. The summed E-state index contributed by atoms with van der Waals surface area (Å²) in [5.74, 6) is 0.106. The predicted octanol–water partition coefficient (Wildman–Crippen LogP) is 4.99. The van der Waals surface area contributed by atoms with Crippen molar-refractivity contribution >= 4 is 40.7 Å². The van der Waals surface area contributed by atoms with Gasteiger partial charge in [-0.15, -0.1) is 0 Å². The molecule has 2 amide bonds. The minimum absolute atomic E-state index is 0.0572. The van der Waals surface area contributed by atoms with Crippen LogP contribution in [-0.4, -0.2) is 39.8 Å². The lowest BCUT2D eigenvalue weighted by molar-refractivity contribution is 0.0495. The van der Waals surface area contributed by atoms with Gasteiger partial charge in [0.15, 0.2) is 0 Å². The van der Waals surface area contributed by atoms with Crippen molar-refractivity contribution < 1.29 is 9.59 Å². The minimum Gasteiger partial charge on any atom is -0.337 e. The molecule has 0 unspecified atom stereocenters. The SMILES string of the molecule is CC1(C)c2cc(Cl)ccc2C(=O)N1c1cncc(CC2CN(C(=O)c3ncccc3Cl)C2)c1. The van der Waals surface area contributed by atoms with E-state index in [-0.39, 0.29) is 17.5 Å². The summed E-state index contributed by atoms with van der Waals surface area (Å²) in [7, 11) is 0. The number of halogens is 2. The summed E-state index contributed by atoms with van der Waals surface area (Å²) in [6.45, 7) is 5.29. The highest BCUT2D eigenvalue weighted by Gasteiger charge is 2.44. The van der Waals surface area contributed by atoms with Crippen molar-refractivity contribution in [2.75, 3.05) is 18.0 Å². The van der Waals surface area contributed by atoms with Crippen molar-refractivity contribution in [3.63, 3.8) is 0 Å². The van der Waals surface area contributed by atoms with Crippen molar-refractivity contribution in [3.8, 4) is 0 Å². The number of aromatic nitrogens is 2. The molecule has 5 rings (SSSR count).